The van der Waals surface area contributed by atoms with Crippen molar-refractivity contribution in [3.63, 3.8) is 0 Å². The molecule has 0 spiro atoms. The van der Waals surface area contributed by atoms with Gasteiger partial charge in [-0.2, -0.15) is 0 Å². The average Bonchev–Trinajstić information content (AvgIpc) is 2.87. The number of nitrogens with two attached hydrogens (primary N) is 1. The van der Waals surface area contributed by atoms with Crippen molar-refractivity contribution >= 4 is 21.7 Å². The van der Waals surface area contributed by atoms with E-state index in [0.29, 0.717) is 12.4 Å². The van der Waals surface area contributed by atoms with Gasteiger partial charge in [-0.25, -0.2) is 18.5 Å². The van der Waals surface area contributed by atoms with Gasteiger partial charge < -0.3 is 0 Å². The lowest BCUT2D eigenvalue weighted by atomic mass is 10.1. The van der Waals surface area contributed by atoms with Crippen LogP contribution in [0.5, 0.6) is 0 Å². The second-order valence-electron chi connectivity index (χ2n) is 5.65. The van der Waals surface area contributed by atoms with Crippen LogP contribution in [-0.2, 0) is 14.8 Å². The summed E-state index contributed by atoms with van der Waals surface area (Å²) in [5.74, 6) is -0.0718. The molecular formula is C16H17N3O3S. The number of aromatic nitrogens is 1. The van der Waals surface area contributed by atoms with E-state index in [-0.39, 0.29) is 24.0 Å². The summed E-state index contributed by atoms with van der Waals surface area (Å²) in [6.07, 6.45) is 0.174. The van der Waals surface area contributed by atoms with E-state index in [0.717, 1.165) is 11.3 Å². The number of amides is 1. The lowest BCUT2D eigenvalue weighted by Crippen LogP contribution is -2.28. The van der Waals surface area contributed by atoms with Crippen LogP contribution >= 0.6 is 0 Å². The summed E-state index contributed by atoms with van der Waals surface area (Å²) in [5.41, 5.74) is 1.73. The van der Waals surface area contributed by atoms with Crippen LogP contribution in [0, 0.1) is 5.92 Å². The van der Waals surface area contributed by atoms with Crippen LogP contribution in [0.15, 0.2) is 48.5 Å². The smallest absolute Gasteiger partial charge is 0.228 e. The van der Waals surface area contributed by atoms with Crippen molar-refractivity contribution < 1.29 is 13.2 Å². The predicted molar refractivity (Wildman–Crippen MR) is 88.1 cm³/mol. The molecule has 2 aromatic rings. The minimum Gasteiger partial charge on any atom is -0.296 e. The van der Waals surface area contributed by atoms with Gasteiger partial charge >= 0.3 is 0 Å². The van der Waals surface area contributed by atoms with Crippen molar-refractivity contribution in [3.05, 3.63) is 48.5 Å². The molecule has 2 N–H and O–H groups in total. The molecule has 1 aliphatic rings. The van der Waals surface area contributed by atoms with Crippen LogP contribution in [0.3, 0.4) is 0 Å². The molecule has 1 saturated heterocycles. The van der Waals surface area contributed by atoms with Crippen LogP contribution in [0.4, 0.5) is 5.82 Å². The van der Waals surface area contributed by atoms with Gasteiger partial charge in [0.25, 0.3) is 0 Å². The third kappa shape index (κ3) is 3.75. The molecule has 120 valence electrons. The fourth-order valence-corrected chi connectivity index (χ4v) is 3.67. The van der Waals surface area contributed by atoms with Crippen LogP contribution in [0.2, 0.25) is 0 Å². The van der Waals surface area contributed by atoms with Crippen molar-refractivity contribution in [3.8, 4) is 11.3 Å². The molecule has 1 atom stereocenters. The summed E-state index contributed by atoms with van der Waals surface area (Å²) in [7, 11) is -3.59. The van der Waals surface area contributed by atoms with Crippen molar-refractivity contribution in [1.82, 2.24) is 4.98 Å². The van der Waals surface area contributed by atoms with Crippen LogP contribution in [0.25, 0.3) is 11.3 Å². The van der Waals surface area contributed by atoms with Gasteiger partial charge in [0.2, 0.25) is 15.9 Å². The molecular weight excluding hydrogens is 314 g/mol. The molecule has 0 radical (unpaired) electrons. The second kappa shape index (κ2) is 6.10. The number of pyridine rings is 1. The highest BCUT2D eigenvalue weighted by Gasteiger charge is 2.33. The van der Waals surface area contributed by atoms with E-state index < -0.39 is 10.0 Å². The Bertz CT molecular complexity index is 821. The Labute approximate surface area is 135 Å². The average molecular weight is 331 g/mol. The summed E-state index contributed by atoms with van der Waals surface area (Å²) in [4.78, 5) is 18.2. The van der Waals surface area contributed by atoms with E-state index in [1.165, 1.54) is 4.90 Å². The Balaban J connectivity index is 1.84. The maximum absolute atomic E-state index is 12.2. The van der Waals surface area contributed by atoms with E-state index in [1.807, 2.05) is 42.5 Å². The Morgan fingerprint density at radius 3 is 2.57 bits per heavy atom. The van der Waals surface area contributed by atoms with Crippen molar-refractivity contribution in [2.75, 3.05) is 17.2 Å². The highest BCUT2D eigenvalue weighted by Crippen LogP contribution is 2.26. The quantitative estimate of drug-likeness (QED) is 0.916. The zero-order valence-electron chi connectivity index (χ0n) is 12.4. The standard InChI is InChI=1S/C16H17N3O3S/c17-23(21,22)11-12-9-16(20)19(10-12)15-8-4-7-14(18-15)13-5-2-1-3-6-13/h1-8,12H,9-11H2,(H2,17,21,22). The lowest BCUT2D eigenvalue weighted by Gasteiger charge is -2.16. The first kappa shape index (κ1) is 15.6. The third-order valence-electron chi connectivity index (χ3n) is 3.75. The van der Waals surface area contributed by atoms with E-state index in [9.17, 15) is 13.2 Å². The van der Waals surface area contributed by atoms with Gasteiger partial charge in [-0.15, -0.1) is 0 Å². The Hall–Kier alpha value is -2.25. The largest absolute Gasteiger partial charge is 0.296 e. The van der Waals surface area contributed by atoms with Gasteiger partial charge in [0.15, 0.2) is 0 Å². The second-order valence-corrected chi connectivity index (χ2v) is 7.31. The molecule has 2 heterocycles. The Morgan fingerprint density at radius 1 is 1.13 bits per heavy atom. The van der Waals surface area contributed by atoms with E-state index >= 15 is 0 Å². The number of carbonyl (C=O) groups excluding carboxylic acids is 1. The van der Waals surface area contributed by atoms with Gasteiger partial charge in [-0.05, 0) is 12.1 Å². The normalized spacial score (nSPS) is 18.4. The van der Waals surface area contributed by atoms with Gasteiger partial charge in [-0.1, -0.05) is 36.4 Å². The van der Waals surface area contributed by atoms with Gasteiger partial charge in [0.05, 0.1) is 11.4 Å². The molecule has 23 heavy (non-hydrogen) atoms. The zero-order chi connectivity index (χ0) is 16.4. The number of hydrogen-bond acceptors (Lipinski definition) is 4. The molecule has 1 fully saturated rings. The van der Waals surface area contributed by atoms with Gasteiger partial charge in [0, 0.05) is 24.4 Å². The summed E-state index contributed by atoms with van der Waals surface area (Å²) < 4.78 is 22.4. The minimum atomic E-state index is -3.59. The summed E-state index contributed by atoms with van der Waals surface area (Å²) in [6, 6.07) is 15.1. The molecule has 1 unspecified atom stereocenters. The molecule has 1 aromatic carbocycles. The SMILES string of the molecule is NS(=O)(=O)CC1CC(=O)N(c2cccc(-c3ccccc3)n2)C1. The lowest BCUT2D eigenvalue weighted by molar-refractivity contribution is -0.117. The topological polar surface area (TPSA) is 93.4 Å². The van der Waals surface area contributed by atoms with Crippen LogP contribution in [0.1, 0.15) is 6.42 Å². The molecule has 1 aromatic heterocycles. The van der Waals surface area contributed by atoms with E-state index in [4.69, 9.17) is 5.14 Å². The predicted octanol–water partition coefficient (Wildman–Crippen LogP) is 1.39. The monoisotopic (exact) mass is 331 g/mol. The van der Waals surface area contributed by atoms with Crippen LogP contribution in [-0.4, -0.2) is 31.6 Å². The van der Waals surface area contributed by atoms with Crippen molar-refractivity contribution in [1.29, 1.82) is 0 Å². The van der Waals surface area contributed by atoms with Gasteiger partial charge in [0.1, 0.15) is 5.82 Å². The van der Waals surface area contributed by atoms with Crippen molar-refractivity contribution in [2.45, 2.75) is 6.42 Å². The number of sulfonamides is 1. The number of nitrogens with zero attached hydrogens (tertiary/aromatic N) is 2. The van der Waals surface area contributed by atoms with Crippen LogP contribution < -0.4 is 10.0 Å². The highest BCUT2D eigenvalue weighted by atomic mass is 32.2. The Morgan fingerprint density at radius 2 is 1.87 bits per heavy atom. The molecule has 1 aliphatic heterocycles. The molecule has 0 saturated carbocycles. The molecule has 0 aliphatic carbocycles. The highest BCUT2D eigenvalue weighted by molar-refractivity contribution is 7.89. The molecule has 6 nitrogen and oxygen atoms in total. The zero-order valence-corrected chi connectivity index (χ0v) is 13.2. The first-order valence-corrected chi connectivity index (χ1v) is 8.97. The minimum absolute atomic E-state index is 0.128. The Kier molecular flexibility index (Phi) is 4.14. The van der Waals surface area contributed by atoms with E-state index in [1.54, 1.807) is 6.07 Å². The third-order valence-corrected chi connectivity index (χ3v) is 4.69. The number of benzene rings is 1. The van der Waals surface area contributed by atoms with Crippen molar-refractivity contribution in [2.24, 2.45) is 11.1 Å². The maximum atomic E-state index is 12.2. The number of anilines is 1. The first-order chi connectivity index (χ1) is 10.9. The number of carbonyl (C=O) groups is 1. The number of hydrogen-bond donors (Lipinski definition) is 1. The summed E-state index contributed by atoms with van der Waals surface area (Å²) in [5, 5.41) is 5.07. The molecule has 3 rings (SSSR count). The molecule has 7 heteroatoms. The van der Waals surface area contributed by atoms with Gasteiger partial charge in [-0.3, -0.25) is 9.69 Å². The summed E-state index contributed by atoms with van der Waals surface area (Å²) >= 11 is 0. The molecule has 1 amide bonds. The number of primary sulfonamides is 1. The molecule has 0 bridgehead atoms. The summed E-state index contributed by atoms with van der Waals surface area (Å²) in [6.45, 7) is 0.320. The fraction of sp³-hybridized carbons (Fsp3) is 0.250. The van der Waals surface area contributed by atoms with E-state index in [2.05, 4.69) is 4.98 Å². The first-order valence-electron chi connectivity index (χ1n) is 7.26. The fourth-order valence-electron chi connectivity index (χ4n) is 2.79. The maximum Gasteiger partial charge on any atom is 0.228 e. The number of rotatable bonds is 4.